The molecule has 0 atom stereocenters. The van der Waals surface area contributed by atoms with Gasteiger partial charge >= 0.3 is 0 Å². The molecule has 0 radical (unpaired) electrons. The minimum Gasteiger partial charge on any atom is -0.363 e. The SMILES string of the molecule is CCNC(=NCCCCSC)NC1CCN(c2cccs2)CC1. The average molecular weight is 355 g/mol. The standard InChI is InChI=1S/C17H30N4S2/c1-3-18-17(19-10-4-5-13-22-2)20-15-8-11-21(12-9-15)16-7-6-14-23-16/h6-7,14-15H,3-5,8-13H2,1-2H3,(H2,18,19,20). The molecule has 2 N–H and O–H groups in total. The van der Waals surface area contributed by atoms with Crippen molar-refractivity contribution in [3.63, 3.8) is 0 Å². The summed E-state index contributed by atoms with van der Waals surface area (Å²) < 4.78 is 0. The number of guanidine groups is 1. The molecule has 0 aromatic carbocycles. The highest BCUT2D eigenvalue weighted by molar-refractivity contribution is 7.98. The van der Waals surface area contributed by atoms with Crippen molar-refractivity contribution >= 4 is 34.1 Å². The molecule has 0 unspecified atom stereocenters. The summed E-state index contributed by atoms with van der Waals surface area (Å²) >= 11 is 3.75. The second kappa shape index (κ2) is 10.8. The van der Waals surface area contributed by atoms with Gasteiger partial charge in [-0.25, -0.2) is 0 Å². The van der Waals surface area contributed by atoms with Crippen LogP contribution < -0.4 is 15.5 Å². The zero-order valence-electron chi connectivity index (χ0n) is 14.4. The van der Waals surface area contributed by atoms with Gasteiger partial charge in [-0.15, -0.1) is 11.3 Å². The maximum Gasteiger partial charge on any atom is 0.191 e. The third-order valence-corrected chi connectivity index (χ3v) is 5.65. The lowest BCUT2D eigenvalue weighted by Crippen LogP contribution is -2.48. The van der Waals surface area contributed by atoms with Gasteiger partial charge in [-0.1, -0.05) is 0 Å². The first kappa shape index (κ1) is 18.5. The van der Waals surface area contributed by atoms with E-state index in [2.05, 4.69) is 46.2 Å². The predicted molar refractivity (Wildman–Crippen MR) is 106 cm³/mol. The molecule has 1 saturated heterocycles. The van der Waals surface area contributed by atoms with Gasteiger partial charge in [0.15, 0.2) is 5.96 Å². The first-order valence-electron chi connectivity index (χ1n) is 8.65. The number of aliphatic imine (C=N–C) groups is 1. The third kappa shape index (κ3) is 6.63. The van der Waals surface area contributed by atoms with E-state index in [4.69, 9.17) is 4.99 Å². The Balaban J connectivity index is 1.73. The molecule has 1 aliphatic heterocycles. The van der Waals surface area contributed by atoms with Gasteiger partial charge in [0.1, 0.15) is 0 Å². The fourth-order valence-electron chi connectivity index (χ4n) is 2.76. The van der Waals surface area contributed by atoms with Crippen LogP contribution in [0.15, 0.2) is 22.5 Å². The van der Waals surface area contributed by atoms with Crippen LogP contribution in [0, 0.1) is 0 Å². The number of anilines is 1. The summed E-state index contributed by atoms with van der Waals surface area (Å²) in [5, 5.41) is 10.6. The van der Waals surface area contributed by atoms with Crippen LogP contribution in [0.5, 0.6) is 0 Å². The maximum absolute atomic E-state index is 4.72. The molecule has 23 heavy (non-hydrogen) atoms. The van der Waals surface area contributed by atoms with Gasteiger partial charge in [0.2, 0.25) is 0 Å². The Bertz CT molecular complexity index is 439. The maximum atomic E-state index is 4.72. The molecule has 130 valence electrons. The number of thioether (sulfide) groups is 1. The highest BCUT2D eigenvalue weighted by Gasteiger charge is 2.20. The number of nitrogens with one attached hydrogen (secondary N) is 2. The predicted octanol–water partition coefficient (Wildman–Crippen LogP) is 3.42. The van der Waals surface area contributed by atoms with Crippen LogP contribution in [-0.2, 0) is 0 Å². The molecule has 0 amide bonds. The zero-order chi connectivity index (χ0) is 16.3. The Labute approximate surface area is 149 Å². The fraction of sp³-hybridized carbons (Fsp3) is 0.706. The summed E-state index contributed by atoms with van der Waals surface area (Å²) in [5.41, 5.74) is 0. The Morgan fingerprint density at radius 1 is 1.39 bits per heavy atom. The minimum absolute atomic E-state index is 0.537. The van der Waals surface area contributed by atoms with Crippen LogP contribution in [0.1, 0.15) is 32.6 Å². The van der Waals surface area contributed by atoms with E-state index in [1.165, 1.54) is 36.4 Å². The molecule has 4 nitrogen and oxygen atoms in total. The second-order valence-electron chi connectivity index (χ2n) is 5.82. The first-order chi connectivity index (χ1) is 11.3. The molecule has 0 aliphatic carbocycles. The molecule has 2 rings (SSSR count). The van der Waals surface area contributed by atoms with E-state index in [0.717, 1.165) is 32.1 Å². The van der Waals surface area contributed by atoms with Gasteiger partial charge in [0.25, 0.3) is 0 Å². The Morgan fingerprint density at radius 2 is 2.22 bits per heavy atom. The number of thiophene rings is 1. The monoisotopic (exact) mass is 354 g/mol. The molecule has 1 aromatic rings. The molecule has 0 bridgehead atoms. The third-order valence-electron chi connectivity index (χ3n) is 4.02. The Hall–Kier alpha value is -0.880. The lowest BCUT2D eigenvalue weighted by molar-refractivity contribution is 0.463. The van der Waals surface area contributed by atoms with Gasteiger partial charge in [-0.2, -0.15) is 11.8 Å². The van der Waals surface area contributed by atoms with Gasteiger partial charge in [0.05, 0.1) is 5.00 Å². The molecule has 2 heterocycles. The molecule has 0 saturated carbocycles. The summed E-state index contributed by atoms with van der Waals surface area (Å²) in [6.45, 7) is 6.23. The van der Waals surface area contributed by atoms with E-state index in [0.29, 0.717) is 6.04 Å². The largest absolute Gasteiger partial charge is 0.363 e. The van der Waals surface area contributed by atoms with E-state index >= 15 is 0 Å². The zero-order valence-corrected chi connectivity index (χ0v) is 16.0. The lowest BCUT2D eigenvalue weighted by atomic mass is 10.1. The van der Waals surface area contributed by atoms with E-state index in [1.54, 1.807) is 0 Å². The summed E-state index contributed by atoms with van der Waals surface area (Å²) in [6.07, 6.45) is 6.94. The number of nitrogens with zero attached hydrogens (tertiary/aromatic N) is 2. The van der Waals surface area contributed by atoms with Crippen LogP contribution in [0.3, 0.4) is 0 Å². The average Bonchev–Trinajstić information content (AvgIpc) is 3.10. The van der Waals surface area contributed by atoms with Gasteiger partial charge in [-0.05, 0) is 62.1 Å². The fourth-order valence-corrected chi connectivity index (χ4v) is 4.03. The van der Waals surface area contributed by atoms with Crippen LogP contribution in [0.25, 0.3) is 0 Å². The normalized spacial score (nSPS) is 16.6. The molecule has 0 spiro atoms. The molecular formula is C17H30N4S2. The number of hydrogen-bond acceptors (Lipinski definition) is 4. The summed E-state index contributed by atoms with van der Waals surface area (Å²) in [5.74, 6) is 2.23. The van der Waals surface area contributed by atoms with Crippen molar-refractivity contribution < 1.29 is 0 Å². The van der Waals surface area contributed by atoms with E-state index in [1.807, 2.05) is 23.1 Å². The van der Waals surface area contributed by atoms with Gasteiger partial charge in [-0.3, -0.25) is 4.99 Å². The highest BCUT2D eigenvalue weighted by Crippen LogP contribution is 2.24. The van der Waals surface area contributed by atoms with E-state index < -0.39 is 0 Å². The van der Waals surface area contributed by atoms with Gasteiger partial charge < -0.3 is 15.5 Å². The number of rotatable bonds is 8. The van der Waals surface area contributed by atoms with Gasteiger partial charge in [0, 0.05) is 32.2 Å². The Morgan fingerprint density at radius 3 is 2.87 bits per heavy atom. The van der Waals surface area contributed by atoms with Crippen molar-refractivity contribution in [2.24, 2.45) is 4.99 Å². The van der Waals surface area contributed by atoms with E-state index in [9.17, 15) is 0 Å². The number of piperidine rings is 1. The van der Waals surface area contributed by atoms with Crippen LogP contribution in [0.2, 0.25) is 0 Å². The first-order valence-corrected chi connectivity index (χ1v) is 10.9. The second-order valence-corrected chi connectivity index (χ2v) is 7.73. The number of hydrogen-bond donors (Lipinski definition) is 2. The van der Waals surface area contributed by atoms with Crippen molar-refractivity contribution in [2.45, 2.75) is 38.6 Å². The quantitative estimate of drug-likeness (QED) is 0.426. The minimum atomic E-state index is 0.537. The number of unbranched alkanes of at least 4 members (excludes halogenated alkanes) is 1. The van der Waals surface area contributed by atoms with Crippen molar-refractivity contribution in [1.82, 2.24) is 10.6 Å². The smallest absolute Gasteiger partial charge is 0.191 e. The van der Waals surface area contributed by atoms with Crippen molar-refractivity contribution in [1.29, 1.82) is 0 Å². The Kier molecular flexibility index (Phi) is 8.68. The van der Waals surface area contributed by atoms with Crippen LogP contribution in [-0.4, -0.2) is 50.2 Å². The highest BCUT2D eigenvalue weighted by atomic mass is 32.2. The molecule has 1 fully saturated rings. The molecule has 1 aromatic heterocycles. The molecule has 1 aliphatic rings. The van der Waals surface area contributed by atoms with Crippen LogP contribution in [0.4, 0.5) is 5.00 Å². The summed E-state index contributed by atoms with van der Waals surface area (Å²) in [7, 11) is 0. The van der Waals surface area contributed by atoms with Crippen LogP contribution >= 0.6 is 23.1 Å². The van der Waals surface area contributed by atoms with Crippen molar-refractivity contribution in [2.75, 3.05) is 43.1 Å². The summed E-state index contributed by atoms with van der Waals surface area (Å²) in [6, 6.07) is 4.89. The molecular weight excluding hydrogens is 324 g/mol. The topological polar surface area (TPSA) is 39.7 Å². The molecule has 6 heteroatoms. The van der Waals surface area contributed by atoms with Crippen molar-refractivity contribution in [3.05, 3.63) is 17.5 Å². The van der Waals surface area contributed by atoms with Crippen molar-refractivity contribution in [3.8, 4) is 0 Å². The lowest BCUT2D eigenvalue weighted by Gasteiger charge is -2.33. The van der Waals surface area contributed by atoms with E-state index in [-0.39, 0.29) is 0 Å². The summed E-state index contributed by atoms with van der Waals surface area (Å²) in [4.78, 5) is 7.22.